The van der Waals surface area contributed by atoms with E-state index in [0.717, 1.165) is 18.3 Å². The van der Waals surface area contributed by atoms with Gasteiger partial charge in [0.05, 0.1) is 23.1 Å². The lowest BCUT2D eigenvalue weighted by atomic mass is 10.0. The molecule has 3 rings (SSSR count). The maximum Gasteiger partial charge on any atom is 0.433 e. The van der Waals surface area contributed by atoms with Crippen LogP contribution in [0, 0.1) is 0 Å². The standard InChI is InChI=1S/C21H18F3N5O3/c1-29-17(14-8-5-9-16(27-14)21(22,23)24)13(11-26-29)20(32)28-15(18(30)19(25)31)10-12-6-3-2-4-7-12/h2-9,11,15H,10H2,1H3,(H2,25,31)(H,28,32)/t15-/m0/s1. The predicted octanol–water partition coefficient (Wildman–Crippen LogP) is 1.90. The van der Waals surface area contributed by atoms with Gasteiger partial charge in [0.15, 0.2) is 0 Å². The van der Waals surface area contributed by atoms with Crippen molar-refractivity contribution >= 4 is 17.6 Å². The number of Topliss-reactive ketones (excluding diaryl/α,β-unsaturated/α-hetero) is 1. The number of amides is 2. The molecular formula is C21H18F3N5O3. The van der Waals surface area contributed by atoms with Gasteiger partial charge in [0.25, 0.3) is 11.8 Å². The topological polar surface area (TPSA) is 120 Å². The minimum Gasteiger partial charge on any atom is -0.363 e. The van der Waals surface area contributed by atoms with Gasteiger partial charge in [-0.2, -0.15) is 18.3 Å². The van der Waals surface area contributed by atoms with E-state index in [1.807, 2.05) is 0 Å². The molecule has 0 aliphatic rings. The number of primary amides is 1. The second kappa shape index (κ2) is 9.00. The minimum absolute atomic E-state index is 0.00818. The van der Waals surface area contributed by atoms with E-state index in [-0.39, 0.29) is 23.4 Å². The Bertz CT molecular complexity index is 1160. The number of aromatic nitrogens is 3. The Morgan fingerprint density at radius 1 is 1.09 bits per heavy atom. The number of carbonyl (C=O) groups excluding carboxylic acids is 3. The van der Waals surface area contributed by atoms with Crippen molar-refractivity contribution in [1.29, 1.82) is 0 Å². The number of pyridine rings is 1. The predicted molar refractivity (Wildman–Crippen MR) is 107 cm³/mol. The monoisotopic (exact) mass is 445 g/mol. The highest BCUT2D eigenvalue weighted by molar-refractivity contribution is 6.38. The maximum atomic E-state index is 13.1. The number of carbonyl (C=O) groups is 3. The summed E-state index contributed by atoms with van der Waals surface area (Å²) >= 11 is 0. The van der Waals surface area contributed by atoms with E-state index in [1.165, 1.54) is 17.8 Å². The fourth-order valence-electron chi connectivity index (χ4n) is 3.10. The van der Waals surface area contributed by atoms with Crippen LogP contribution in [0.1, 0.15) is 21.6 Å². The summed E-state index contributed by atoms with van der Waals surface area (Å²) in [5.41, 5.74) is 4.41. The average Bonchev–Trinajstić information content (AvgIpc) is 3.14. The lowest BCUT2D eigenvalue weighted by Gasteiger charge is -2.17. The van der Waals surface area contributed by atoms with Crippen molar-refractivity contribution in [3.8, 4) is 11.4 Å². The first kappa shape index (κ1) is 22.7. The lowest BCUT2D eigenvalue weighted by molar-refractivity contribution is -0.141. The van der Waals surface area contributed by atoms with E-state index < -0.39 is 35.5 Å². The van der Waals surface area contributed by atoms with E-state index in [1.54, 1.807) is 30.3 Å². The summed E-state index contributed by atoms with van der Waals surface area (Å²) in [6, 6.07) is 10.6. The number of nitrogens with zero attached hydrogens (tertiary/aromatic N) is 3. The summed E-state index contributed by atoms with van der Waals surface area (Å²) in [6.45, 7) is 0. The van der Waals surface area contributed by atoms with Crippen LogP contribution in [0.15, 0.2) is 54.7 Å². The Labute approximate surface area is 180 Å². The molecule has 0 fully saturated rings. The van der Waals surface area contributed by atoms with Crippen LogP contribution in [-0.2, 0) is 29.2 Å². The fraction of sp³-hybridized carbons (Fsp3) is 0.190. The van der Waals surface area contributed by atoms with Crippen LogP contribution in [0.4, 0.5) is 13.2 Å². The quantitative estimate of drug-likeness (QED) is 0.539. The SMILES string of the molecule is Cn1ncc(C(=O)N[C@@H](Cc2ccccc2)C(=O)C(N)=O)c1-c1cccc(C(F)(F)F)n1. The van der Waals surface area contributed by atoms with Crippen molar-refractivity contribution < 1.29 is 27.6 Å². The Morgan fingerprint density at radius 3 is 2.41 bits per heavy atom. The first-order chi connectivity index (χ1) is 15.1. The molecule has 32 heavy (non-hydrogen) atoms. The summed E-state index contributed by atoms with van der Waals surface area (Å²) in [5.74, 6) is -3.05. The van der Waals surface area contributed by atoms with Gasteiger partial charge in [-0.25, -0.2) is 4.98 Å². The number of hydrogen-bond donors (Lipinski definition) is 2. The largest absolute Gasteiger partial charge is 0.433 e. The van der Waals surface area contributed by atoms with Gasteiger partial charge in [0.2, 0.25) is 5.78 Å². The second-order valence-electron chi connectivity index (χ2n) is 6.88. The molecule has 3 N–H and O–H groups in total. The number of nitrogens with one attached hydrogen (secondary N) is 1. The molecule has 0 saturated carbocycles. The molecule has 0 unspecified atom stereocenters. The highest BCUT2D eigenvalue weighted by Crippen LogP contribution is 2.30. The summed E-state index contributed by atoms with van der Waals surface area (Å²) in [5, 5.41) is 6.37. The zero-order valence-electron chi connectivity index (χ0n) is 16.8. The van der Waals surface area contributed by atoms with Crippen molar-refractivity contribution in [3.05, 3.63) is 71.5 Å². The van der Waals surface area contributed by atoms with Crippen LogP contribution in [0.2, 0.25) is 0 Å². The number of aryl methyl sites for hydroxylation is 1. The molecule has 8 nitrogen and oxygen atoms in total. The smallest absolute Gasteiger partial charge is 0.363 e. The average molecular weight is 445 g/mol. The van der Waals surface area contributed by atoms with Crippen molar-refractivity contribution in [2.45, 2.75) is 18.6 Å². The van der Waals surface area contributed by atoms with Crippen LogP contribution in [-0.4, -0.2) is 38.4 Å². The van der Waals surface area contributed by atoms with E-state index >= 15 is 0 Å². The minimum atomic E-state index is -4.67. The summed E-state index contributed by atoms with van der Waals surface area (Å²) in [6.07, 6.45) is -3.54. The van der Waals surface area contributed by atoms with Crippen molar-refractivity contribution in [2.24, 2.45) is 12.8 Å². The fourth-order valence-corrected chi connectivity index (χ4v) is 3.10. The van der Waals surface area contributed by atoms with Crippen LogP contribution >= 0.6 is 0 Å². The normalized spacial score (nSPS) is 12.2. The molecule has 1 aromatic carbocycles. The molecular weight excluding hydrogens is 427 g/mol. The number of alkyl halides is 3. The summed E-state index contributed by atoms with van der Waals surface area (Å²) in [4.78, 5) is 40.3. The zero-order valence-corrected chi connectivity index (χ0v) is 16.8. The van der Waals surface area contributed by atoms with Crippen LogP contribution in [0.3, 0.4) is 0 Å². The zero-order chi connectivity index (χ0) is 23.5. The van der Waals surface area contributed by atoms with Gasteiger partial charge in [-0.15, -0.1) is 0 Å². The molecule has 11 heteroatoms. The van der Waals surface area contributed by atoms with E-state index in [4.69, 9.17) is 5.73 Å². The Balaban J connectivity index is 1.94. The molecule has 2 heterocycles. The Hall–Kier alpha value is -4.02. The second-order valence-corrected chi connectivity index (χ2v) is 6.88. The summed E-state index contributed by atoms with van der Waals surface area (Å²) < 4.78 is 40.4. The van der Waals surface area contributed by atoms with Gasteiger partial charge in [-0.05, 0) is 17.7 Å². The first-order valence-electron chi connectivity index (χ1n) is 9.33. The van der Waals surface area contributed by atoms with Crippen molar-refractivity contribution in [3.63, 3.8) is 0 Å². The number of halogens is 3. The number of rotatable bonds is 7. The van der Waals surface area contributed by atoms with E-state index in [9.17, 15) is 27.6 Å². The van der Waals surface area contributed by atoms with Crippen molar-refractivity contribution in [2.75, 3.05) is 0 Å². The third-order valence-corrected chi connectivity index (χ3v) is 4.61. The van der Waals surface area contributed by atoms with Gasteiger partial charge >= 0.3 is 6.18 Å². The highest BCUT2D eigenvalue weighted by atomic mass is 19.4. The highest BCUT2D eigenvalue weighted by Gasteiger charge is 2.33. The maximum absolute atomic E-state index is 13.1. The Kier molecular flexibility index (Phi) is 6.37. The Morgan fingerprint density at radius 2 is 1.78 bits per heavy atom. The van der Waals surface area contributed by atoms with Gasteiger partial charge in [-0.1, -0.05) is 36.4 Å². The third-order valence-electron chi connectivity index (χ3n) is 4.61. The molecule has 0 radical (unpaired) electrons. The van der Waals surface area contributed by atoms with Gasteiger partial charge in [-0.3, -0.25) is 19.1 Å². The third kappa shape index (κ3) is 4.99. The van der Waals surface area contributed by atoms with Crippen molar-refractivity contribution in [1.82, 2.24) is 20.1 Å². The molecule has 0 bridgehead atoms. The molecule has 0 spiro atoms. The van der Waals surface area contributed by atoms with E-state index in [2.05, 4.69) is 15.4 Å². The lowest BCUT2D eigenvalue weighted by Crippen LogP contribution is -2.47. The number of benzene rings is 1. The molecule has 166 valence electrons. The molecule has 2 aromatic heterocycles. The number of nitrogens with two attached hydrogens (primary N) is 1. The molecule has 0 saturated heterocycles. The van der Waals surface area contributed by atoms with Crippen LogP contribution in [0.25, 0.3) is 11.4 Å². The van der Waals surface area contributed by atoms with Crippen LogP contribution < -0.4 is 11.1 Å². The summed E-state index contributed by atoms with van der Waals surface area (Å²) in [7, 11) is 1.43. The van der Waals surface area contributed by atoms with Crippen LogP contribution in [0.5, 0.6) is 0 Å². The van der Waals surface area contributed by atoms with E-state index in [0.29, 0.717) is 5.56 Å². The molecule has 3 aromatic rings. The number of ketones is 1. The molecule has 0 aliphatic carbocycles. The van der Waals surface area contributed by atoms with Gasteiger partial charge < -0.3 is 11.1 Å². The molecule has 1 atom stereocenters. The molecule has 0 aliphatic heterocycles. The number of hydrogen-bond acceptors (Lipinski definition) is 5. The van der Waals surface area contributed by atoms with Gasteiger partial charge in [0.1, 0.15) is 11.7 Å². The first-order valence-corrected chi connectivity index (χ1v) is 9.33. The molecule has 2 amide bonds. The van der Waals surface area contributed by atoms with Gasteiger partial charge in [0, 0.05) is 13.5 Å².